The molecular weight excluding hydrogens is 251 g/mol. The van der Waals surface area contributed by atoms with Crippen molar-refractivity contribution in [2.45, 2.75) is 57.5 Å². The third-order valence-electron chi connectivity index (χ3n) is 5.04. The topological polar surface area (TPSA) is 29.3 Å². The Bertz CT molecular complexity index is 470. The van der Waals surface area contributed by atoms with Gasteiger partial charge in [-0.3, -0.25) is 0 Å². The van der Waals surface area contributed by atoms with Gasteiger partial charge in [0, 0.05) is 29.9 Å². The van der Waals surface area contributed by atoms with E-state index in [0.717, 1.165) is 18.2 Å². The highest BCUT2D eigenvalue weighted by Crippen LogP contribution is 2.40. The number of rotatable bonds is 2. The van der Waals surface area contributed by atoms with Crippen molar-refractivity contribution >= 4 is 5.69 Å². The Hall–Kier alpha value is -1.09. The molecule has 0 spiro atoms. The highest BCUT2D eigenvalue weighted by atomic mass is 19.1. The highest BCUT2D eigenvalue weighted by molar-refractivity contribution is 5.56. The van der Waals surface area contributed by atoms with Gasteiger partial charge in [-0.15, -0.1) is 0 Å². The molecule has 1 aromatic rings. The van der Waals surface area contributed by atoms with Crippen LogP contribution in [0.15, 0.2) is 18.2 Å². The van der Waals surface area contributed by atoms with E-state index < -0.39 is 0 Å². The Morgan fingerprint density at radius 2 is 1.95 bits per heavy atom. The smallest absolute Gasteiger partial charge is 0.130 e. The van der Waals surface area contributed by atoms with Crippen molar-refractivity contribution in [1.29, 1.82) is 0 Å². The minimum absolute atomic E-state index is 0.157. The van der Waals surface area contributed by atoms with Gasteiger partial charge in [0.2, 0.25) is 0 Å². The van der Waals surface area contributed by atoms with E-state index in [1.807, 2.05) is 13.0 Å². The van der Waals surface area contributed by atoms with E-state index in [-0.39, 0.29) is 11.9 Å². The second kappa shape index (κ2) is 5.72. The molecule has 2 N–H and O–H groups in total. The third-order valence-corrected chi connectivity index (χ3v) is 5.04. The van der Waals surface area contributed by atoms with Crippen molar-refractivity contribution in [3.05, 3.63) is 29.6 Å². The Balaban J connectivity index is 1.97. The van der Waals surface area contributed by atoms with Crippen LogP contribution in [0.3, 0.4) is 0 Å². The summed E-state index contributed by atoms with van der Waals surface area (Å²) in [4.78, 5) is 2.45. The predicted octanol–water partition coefficient (Wildman–Crippen LogP) is 4.00. The molecule has 3 rings (SSSR count). The Morgan fingerprint density at radius 1 is 1.20 bits per heavy atom. The maximum Gasteiger partial charge on any atom is 0.130 e. The van der Waals surface area contributed by atoms with Gasteiger partial charge in [-0.25, -0.2) is 4.39 Å². The lowest BCUT2D eigenvalue weighted by atomic mass is 9.78. The van der Waals surface area contributed by atoms with Crippen LogP contribution >= 0.6 is 0 Å². The van der Waals surface area contributed by atoms with E-state index in [0.29, 0.717) is 11.6 Å². The van der Waals surface area contributed by atoms with Crippen LogP contribution < -0.4 is 10.6 Å². The first kappa shape index (κ1) is 13.9. The van der Waals surface area contributed by atoms with Gasteiger partial charge in [0.25, 0.3) is 0 Å². The summed E-state index contributed by atoms with van der Waals surface area (Å²) < 4.78 is 14.2. The minimum Gasteiger partial charge on any atom is -0.368 e. The Morgan fingerprint density at radius 3 is 2.75 bits per heavy atom. The van der Waals surface area contributed by atoms with Crippen LogP contribution in [0.25, 0.3) is 0 Å². The number of nitrogens with two attached hydrogens (primary N) is 1. The zero-order valence-electron chi connectivity index (χ0n) is 12.3. The Kier molecular flexibility index (Phi) is 3.97. The fraction of sp³-hybridized carbons (Fsp3) is 0.647. The van der Waals surface area contributed by atoms with Crippen molar-refractivity contribution in [3.63, 3.8) is 0 Å². The number of nitrogens with zero attached hydrogens (tertiary/aromatic N) is 1. The van der Waals surface area contributed by atoms with Crippen LogP contribution in [-0.4, -0.2) is 12.6 Å². The highest BCUT2D eigenvalue weighted by Gasteiger charge is 2.34. The summed E-state index contributed by atoms with van der Waals surface area (Å²) in [7, 11) is 0. The molecule has 2 aliphatic rings. The summed E-state index contributed by atoms with van der Waals surface area (Å²) in [6, 6.07) is 5.75. The van der Waals surface area contributed by atoms with E-state index >= 15 is 0 Å². The first-order valence-corrected chi connectivity index (χ1v) is 7.99. The summed E-state index contributed by atoms with van der Waals surface area (Å²) in [5, 5.41) is 0. The van der Waals surface area contributed by atoms with Gasteiger partial charge in [0.1, 0.15) is 5.82 Å². The number of benzene rings is 1. The molecule has 1 saturated carbocycles. The van der Waals surface area contributed by atoms with E-state index in [1.54, 1.807) is 0 Å². The number of fused-ring (bicyclic) bond motifs is 1. The van der Waals surface area contributed by atoms with Crippen LogP contribution in [0.1, 0.15) is 57.1 Å². The zero-order valence-corrected chi connectivity index (χ0v) is 12.3. The lowest BCUT2D eigenvalue weighted by molar-refractivity contribution is 0.243. The molecule has 1 saturated heterocycles. The van der Waals surface area contributed by atoms with Crippen molar-refractivity contribution in [1.82, 2.24) is 0 Å². The summed E-state index contributed by atoms with van der Waals surface area (Å²) in [5.74, 6) is 0.636. The second-order valence-electron chi connectivity index (χ2n) is 6.41. The van der Waals surface area contributed by atoms with Gasteiger partial charge in [-0.1, -0.05) is 18.9 Å². The molecule has 1 aromatic carbocycles. The molecule has 0 bridgehead atoms. The average molecular weight is 276 g/mol. The maximum atomic E-state index is 14.2. The SMILES string of the molecule is C[C@H](N)c1c(F)cccc1N1CCCC2CCCCC21. The fourth-order valence-electron chi connectivity index (χ4n) is 4.15. The average Bonchev–Trinajstić information content (AvgIpc) is 2.46. The Labute approximate surface area is 121 Å². The van der Waals surface area contributed by atoms with Crippen molar-refractivity contribution in [3.8, 4) is 0 Å². The molecule has 20 heavy (non-hydrogen) atoms. The zero-order chi connectivity index (χ0) is 14.1. The molecule has 2 fully saturated rings. The van der Waals surface area contributed by atoms with Crippen molar-refractivity contribution in [2.75, 3.05) is 11.4 Å². The van der Waals surface area contributed by atoms with E-state index in [4.69, 9.17) is 5.73 Å². The van der Waals surface area contributed by atoms with Crippen LogP contribution in [0, 0.1) is 11.7 Å². The second-order valence-corrected chi connectivity index (χ2v) is 6.41. The standard InChI is InChI=1S/C17H25FN2/c1-12(19)17-14(18)8-4-10-16(17)20-11-5-7-13-6-2-3-9-15(13)20/h4,8,10,12-13,15H,2-3,5-7,9,11,19H2,1H3/t12-,13?,15?/m0/s1. The van der Waals surface area contributed by atoms with Gasteiger partial charge in [-0.2, -0.15) is 0 Å². The van der Waals surface area contributed by atoms with Gasteiger partial charge in [0.15, 0.2) is 0 Å². The molecule has 0 radical (unpaired) electrons. The molecule has 110 valence electrons. The first-order valence-electron chi connectivity index (χ1n) is 7.99. The molecule has 2 nitrogen and oxygen atoms in total. The van der Waals surface area contributed by atoms with Crippen molar-refractivity contribution < 1.29 is 4.39 Å². The van der Waals surface area contributed by atoms with E-state index in [1.165, 1.54) is 44.6 Å². The minimum atomic E-state index is -0.254. The third kappa shape index (κ3) is 2.44. The van der Waals surface area contributed by atoms with Gasteiger partial charge in [0.05, 0.1) is 0 Å². The lowest BCUT2D eigenvalue weighted by Gasteiger charge is -2.46. The van der Waals surface area contributed by atoms with Gasteiger partial charge >= 0.3 is 0 Å². The molecule has 1 aliphatic carbocycles. The number of piperidine rings is 1. The number of anilines is 1. The quantitative estimate of drug-likeness (QED) is 0.884. The normalized spacial score (nSPS) is 28.1. The molecule has 3 atom stereocenters. The van der Waals surface area contributed by atoms with Crippen LogP contribution in [-0.2, 0) is 0 Å². The summed E-state index contributed by atoms with van der Waals surface area (Å²) in [6.45, 7) is 2.93. The lowest BCUT2D eigenvalue weighted by Crippen LogP contribution is -2.47. The first-order chi connectivity index (χ1) is 9.68. The summed E-state index contributed by atoms with van der Waals surface area (Å²) >= 11 is 0. The molecule has 2 unspecified atom stereocenters. The molecule has 3 heteroatoms. The van der Waals surface area contributed by atoms with E-state index in [2.05, 4.69) is 11.0 Å². The number of hydrogen-bond acceptors (Lipinski definition) is 2. The molecule has 0 aromatic heterocycles. The largest absolute Gasteiger partial charge is 0.368 e. The van der Waals surface area contributed by atoms with E-state index in [9.17, 15) is 4.39 Å². The number of hydrogen-bond donors (Lipinski definition) is 1. The maximum absolute atomic E-state index is 14.2. The van der Waals surface area contributed by atoms with Crippen LogP contribution in [0.2, 0.25) is 0 Å². The van der Waals surface area contributed by atoms with Crippen LogP contribution in [0.5, 0.6) is 0 Å². The predicted molar refractivity (Wildman–Crippen MR) is 81.3 cm³/mol. The monoisotopic (exact) mass is 276 g/mol. The molecule has 1 aliphatic heterocycles. The molecule has 0 amide bonds. The molecule has 1 heterocycles. The van der Waals surface area contributed by atoms with Crippen LogP contribution in [0.4, 0.5) is 10.1 Å². The number of halogens is 1. The van der Waals surface area contributed by atoms with Crippen molar-refractivity contribution in [2.24, 2.45) is 11.7 Å². The summed E-state index contributed by atoms with van der Waals surface area (Å²) in [5.41, 5.74) is 7.76. The van der Waals surface area contributed by atoms with Gasteiger partial charge in [-0.05, 0) is 50.7 Å². The summed E-state index contributed by atoms with van der Waals surface area (Å²) in [6.07, 6.45) is 7.81. The molecular formula is C17H25FN2. The fourth-order valence-corrected chi connectivity index (χ4v) is 4.15. The van der Waals surface area contributed by atoms with Gasteiger partial charge < -0.3 is 10.6 Å².